The van der Waals surface area contributed by atoms with Gasteiger partial charge in [-0.25, -0.2) is 0 Å². The second-order valence-corrected chi connectivity index (χ2v) is 14.4. The summed E-state index contributed by atoms with van der Waals surface area (Å²) in [4.78, 5) is 0. The van der Waals surface area contributed by atoms with Crippen LogP contribution in [-0.4, -0.2) is 43.3 Å². The topological polar surface area (TPSA) is 116 Å². The molecule has 4 fully saturated rings. The highest BCUT2D eigenvalue weighted by molar-refractivity contribution is 8.00. The largest absolute Gasteiger partial charge is 0.330 e. The maximum atomic E-state index is 5.96. The molecule has 5 nitrogen and oxygen atoms in total. The molecule has 1 saturated heterocycles. The van der Waals surface area contributed by atoms with E-state index in [2.05, 4.69) is 28.9 Å². The molecule has 8 unspecified atom stereocenters. The van der Waals surface area contributed by atoms with E-state index in [1.165, 1.54) is 83.6 Å². The Kier molecular flexibility index (Phi) is 12.4. The van der Waals surface area contributed by atoms with E-state index in [0.717, 1.165) is 79.8 Å². The van der Waals surface area contributed by atoms with Gasteiger partial charge in [-0.15, -0.1) is 11.8 Å². The summed E-state index contributed by atoms with van der Waals surface area (Å²) in [6.07, 6.45) is 17.9. The maximum Gasteiger partial charge on any atom is 0.0564 e. The molecule has 4 rings (SSSR count). The highest BCUT2D eigenvalue weighted by Gasteiger charge is 2.40. The van der Waals surface area contributed by atoms with Gasteiger partial charge in [0.2, 0.25) is 0 Å². The molecule has 0 bridgehead atoms. The van der Waals surface area contributed by atoms with E-state index in [1.807, 2.05) is 0 Å². The Balaban J connectivity index is 1.29. The Morgan fingerprint density at radius 1 is 0.595 bits per heavy atom. The van der Waals surface area contributed by atoms with Gasteiger partial charge in [0.1, 0.15) is 0 Å². The van der Waals surface area contributed by atoms with Crippen molar-refractivity contribution in [3.63, 3.8) is 0 Å². The van der Waals surface area contributed by atoms with Gasteiger partial charge in [0, 0.05) is 23.6 Å². The van der Waals surface area contributed by atoms with Gasteiger partial charge in [0.25, 0.3) is 0 Å². The van der Waals surface area contributed by atoms with Crippen molar-refractivity contribution in [1.82, 2.24) is 5.32 Å². The first kappa shape index (κ1) is 29.7. The first-order valence-electron chi connectivity index (χ1n) is 15.8. The van der Waals surface area contributed by atoms with Gasteiger partial charge in [-0.1, -0.05) is 18.3 Å². The van der Waals surface area contributed by atoms with Crippen molar-refractivity contribution >= 4 is 11.8 Å². The van der Waals surface area contributed by atoms with E-state index in [-0.39, 0.29) is 0 Å². The normalized spacial score (nSPS) is 40.8. The summed E-state index contributed by atoms with van der Waals surface area (Å²) in [7, 11) is 0. The lowest BCUT2D eigenvalue weighted by atomic mass is 9.71. The maximum absolute atomic E-state index is 5.96. The fourth-order valence-corrected chi connectivity index (χ4v) is 10.1. The third kappa shape index (κ3) is 8.85. The van der Waals surface area contributed by atoms with Crippen LogP contribution in [0, 0.1) is 59.2 Å². The Hall–Kier alpha value is -0.290. The highest BCUT2D eigenvalue weighted by Crippen LogP contribution is 2.46. The van der Waals surface area contributed by atoms with Crippen molar-refractivity contribution in [1.29, 1.82) is 0 Å². The third-order valence-corrected chi connectivity index (χ3v) is 11.9. The van der Waals surface area contributed by atoms with Crippen molar-refractivity contribution in [2.45, 2.75) is 101 Å². The zero-order valence-electron chi connectivity index (χ0n) is 23.4. The molecule has 1 heterocycles. The van der Waals surface area contributed by atoms with Crippen LogP contribution in [0.4, 0.5) is 0 Å². The first-order valence-corrected chi connectivity index (χ1v) is 16.8. The molecule has 1 aliphatic heterocycles. The summed E-state index contributed by atoms with van der Waals surface area (Å²) < 4.78 is 0. The van der Waals surface area contributed by atoms with Crippen LogP contribution < -0.4 is 28.3 Å². The lowest BCUT2D eigenvalue weighted by Gasteiger charge is -2.38. The van der Waals surface area contributed by atoms with E-state index in [9.17, 15) is 0 Å². The predicted octanol–water partition coefficient (Wildman–Crippen LogP) is 4.29. The van der Waals surface area contributed by atoms with E-state index in [0.29, 0.717) is 17.2 Å². The summed E-state index contributed by atoms with van der Waals surface area (Å²) in [5, 5.41) is 5.36. The molecule has 212 valence electrons. The molecule has 0 aromatic rings. The van der Waals surface area contributed by atoms with Crippen LogP contribution in [0.25, 0.3) is 0 Å². The fourth-order valence-electron chi connectivity index (χ4n) is 8.43. The van der Waals surface area contributed by atoms with Gasteiger partial charge in [0.05, 0.1) is 5.37 Å². The molecule has 0 radical (unpaired) electrons. The van der Waals surface area contributed by atoms with E-state index in [1.54, 1.807) is 0 Å². The van der Waals surface area contributed by atoms with Crippen LogP contribution in [0.15, 0.2) is 0 Å². The van der Waals surface area contributed by atoms with Gasteiger partial charge in [-0.05, 0) is 145 Å². The fraction of sp³-hybridized carbons (Fsp3) is 0.935. The average molecular weight is 532 g/mol. The Bertz CT molecular complexity index is 694. The van der Waals surface area contributed by atoms with Crippen LogP contribution in [0.1, 0.15) is 89.9 Å². The predicted molar refractivity (Wildman–Crippen MR) is 160 cm³/mol. The van der Waals surface area contributed by atoms with Crippen molar-refractivity contribution in [2.24, 2.45) is 70.3 Å². The molecular formula is C31H57N5S. The van der Waals surface area contributed by atoms with Crippen LogP contribution in [-0.2, 0) is 0 Å². The molecule has 0 spiro atoms. The zero-order valence-corrected chi connectivity index (χ0v) is 24.2. The molecule has 8 atom stereocenters. The van der Waals surface area contributed by atoms with E-state index >= 15 is 0 Å². The SMILES string of the molecule is NCCC1CC(C#CC2CCCC(C3NCC(C4CC(CCN)CC(CCN)C4)S3)C2)CC(CCN)C1. The van der Waals surface area contributed by atoms with Crippen LogP contribution in [0.2, 0.25) is 0 Å². The second kappa shape index (κ2) is 15.5. The Morgan fingerprint density at radius 2 is 1.14 bits per heavy atom. The summed E-state index contributed by atoms with van der Waals surface area (Å²) in [5.74, 6) is 13.5. The number of nitrogens with two attached hydrogens (primary N) is 4. The third-order valence-electron chi connectivity index (χ3n) is 10.1. The molecule has 3 aliphatic carbocycles. The smallest absolute Gasteiger partial charge is 0.0564 e. The van der Waals surface area contributed by atoms with Gasteiger partial charge in [-0.2, -0.15) is 0 Å². The number of thioether (sulfide) groups is 1. The molecule has 37 heavy (non-hydrogen) atoms. The lowest BCUT2D eigenvalue weighted by Crippen LogP contribution is -2.33. The summed E-state index contributed by atoms with van der Waals surface area (Å²) >= 11 is 2.28. The van der Waals surface area contributed by atoms with Crippen molar-refractivity contribution in [2.75, 3.05) is 32.7 Å². The molecule has 0 amide bonds. The number of rotatable bonds is 10. The summed E-state index contributed by atoms with van der Waals surface area (Å²) in [5.41, 5.74) is 23.7. The van der Waals surface area contributed by atoms with E-state index in [4.69, 9.17) is 22.9 Å². The molecule has 0 aromatic carbocycles. The monoisotopic (exact) mass is 531 g/mol. The van der Waals surface area contributed by atoms with Gasteiger partial charge >= 0.3 is 0 Å². The quantitative estimate of drug-likeness (QED) is 0.269. The lowest BCUT2D eigenvalue weighted by molar-refractivity contribution is 0.179. The van der Waals surface area contributed by atoms with Crippen LogP contribution in [0.5, 0.6) is 0 Å². The van der Waals surface area contributed by atoms with Crippen molar-refractivity contribution in [3.05, 3.63) is 0 Å². The molecule has 4 aliphatic rings. The molecule has 0 aromatic heterocycles. The van der Waals surface area contributed by atoms with Gasteiger partial charge < -0.3 is 28.3 Å². The van der Waals surface area contributed by atoms with Gasteiger partial charge in [0.15, 0.2) is 0 Å². The second-order valence-electron chi connectivity index (χ2n) is 13.1. The van der Waals surface area contributed by atoms with Crippen LogP contribution >= 0.6 is 11.8 Å². The Morgan fingerprint density at radius 3 is 1.70 bits per heavy atom. The molecule has 3 saturated carbocycles. The highest BCUT2D eigenvalue weighted by atomic mass is 32.2. The first-order chi connectivity index (χ1) is 18.1. The summed E-state index contributed by atoms with van der Waals surface area (Å²) in [6, 6.07) is 0. The standard InChI is InChI=1S/C31H57N5S/c32-10-6-24-14-23(15-25(16-24)7-11-33)5-4-22-2-1-3-28(18-22)31-36-21-30(37-31)29-19-26(8-12-34)17-27(20-29)9-13-35/h22-31,36H,1-3,6-21,32-35H2. The minimum absolute atomic E-state index is 0.555. The number of hydrogen-bond acceptors (Lipinski definition) is 6. The summed E-state index contributed by atoms with van der Waals surface area (Å²) in [6.45, 7) is 4.46. The van der Waals surface area contributed by atoms with Gasteiger partial charge in [-0.3, -0.25) is 0 Å². The molecule has 9 N–H and O–H groups in total. The van der Waals surface area contributed by atoms with Crippen molar-refractivity contribution < 1.29 is 0 Å². The zero-order chi connectivity index (χ0) is 26.0. The average Bonchev–Trinajstić information content (AvgIpc) is 3.39. The van der Waals surface area contributed by atoms with Crippen LogP contribution in [0.3, 0.4) is 0 Å². The molecule has 6 heteroatoms. The van der Waals surface area contributed by atoms with E-state index < -0.39 is 0 Å². The number of nitrogens with one attached hydrogen (secondary N) is 1. The minimum atomic E-state index is 0.555. The molecular weight excluding hydrogens is 474 g/mol. The van der Waals surface area contributed by atoms with Crippen molar-refractivity contribution in [3.8, 4) is 11.8 Å². The number of hydrogen-bond donors (Lipinski definition) is 5. The minimum Gasteiger partial charge on any atom is -0.330 e. The Labute approximate surface area is 232 Å².